The number of aliphatic hydroxyl groups is 2. The first-order valence-corrected chi connectivity index (χ1v) is 15.8. The molecule has 2 heterocycles. The Kier molecular flexibility index (Phi) is 9.50. The molecule has 0 aliphatic carbocycles. The SMILES string of the molecule is CC1C(CN2CCC(O)(c3ccc(Cl)cc3)CC2)OC(c2ccc(-c3ccccc3CN)cc2)OC1c1ccc(CO)cc1. The van der Waals surface area contributed by atoms with Gasteiger partial charge in [-0.3, -0.25) is 0 Å². The van der Waals surface area contributed by atoms with Crippen molar-refractivity contribution in [1.82, 2.24) is 4.90 Å². The Labute approximate surface area is 265 Å². The van der Waals surface area contributed by atoms with Gasteiger partial charge in [0.05, 0.1) is 24.4 Å². The van der Waals surface area contributed by atoms with Gasteiger partial charge in [0, 0.05) is 42.7 Å². The molecule has 4 aromatic rings. The van der Waals surface area contributed by atoms with E-state index in [0.717, 1.165) is 58.6 Å². The van der Waals surface area contributed by atoms with Crippen molar-refractivity contribution in [3.05, 3.63) is 130 Å². The Morgan fingerprint density at radius 2 is 1.52 bits per heavy atom. The van der Waals surface area contributed by atoms with E-state index in [1.807, 2.05) is 60.7 Å². The van der Waals surface area contributed by atoms with Crippen molar-refractivity contribution in [2.24, 2.45) is 11.7 Å². The Bertz CT molecular complexity index is 1520. The van der Waals surface area contributed by atoms with Gasteiger partial charge >= 0.3 is 0 Å². The van der Waals surface area contributed by atoms with E-state index in [4.69, 9.17) is 26.8 Å². The lowest BCUT2D eigenvalue weighted by Gasteiger charge is -2.45. The van der Waals surface area contributed by atoms with Crippen LogP contribution < -0.4 is 5.73 Å². The molecule has 2 saturated heterocycles. The van der Waals surface area contributed by atoms with Crippen LogP contribution in [0.25, 0.3) is 11.1 Å². The fraction of sp³-hybridized carbons (Fsp3) is 0.351. The Morgan fingerprint density at radius 1 is 0.864 bits per heavy atom. The molecular weight excluding hydrogens is 572 g/mol. The summed E-state index contributed by atoms with van der Waals surface area (Å²) in [5, 5.41) is 21.7. The van der Waals surface area contributed by atoms with E-state index < -0.39 is 11.9 Å². The highest BCUT2D eigenvalue weighted by atomic mass is 35.5. The van der Waals surface area contributed by atoms with E-state index in [1.54, 1.807) is 0 Å². The van der Waals surface area contributed by atoms with E-state index in [2.05, 4.69) is 48.2 Å². The molecular formula is C37H41ClN2O4. The fourth-order valence-corrected chi connectivity index (χ4v) is 6.66. The summed E-state index contributed by atoms with van der Waals surface area (Å²) in [6, 6.07) is 32.1. The lowest BCUT2D eigenvalue weighted by molar-refractivity contribution is -0.277. The molecule has 7 heteroatoms. The quantitative estimate of drug-likeness (QED) is 0.204. The zero-order valence-electron chi connectivity index (χ0n) is 25.1. The van der Waals surface area contributed by atoms with Crippen LogP contribution in [-0.2, 0) is 28.2 Å². The molecule has 4 aromatic carbocycles. The molecule has 0 aromatic heterocycles. The van der Waals surface area contributed by atoms with Gasteiger partial charge in [0.15, 0.2) is 6.29 Å². The maximum absolute atomic E-state index is 11.4. The molecule has 2 fully saturated rings. The number of aliphatic hydroxyl groups excluding tert-OH is 1. The zero-order valence-corrected chi connectivity index (χ0v) is 25.9. The first kappa shape index (κ1) is 30.9. The van der Waals surface area contributed by atoms with E-state index >= 15 is 0 Å². The maximum atomic E-state index is 11.4. The van der Waals surface area contributed by atoms with Crippen LogP contribution in [-0.4, -0.2) is 40.9 Å². The third-order valence-corrected chi connectivity index (χ3v) is 9.61. The summed E-state index contributed by atoms with van der Waals surface area (Å²) in [6.45, 7) is 4.95. The number of nitrogens with two attached hydrogens (primary N) is 1. The molecule has 0 amide bonds. The number of benzene rings is 4. The summed E-state index contributed by atoms with van der Waals surface area (Å²) in [4.78, 5) is 2.40. The van der Waals surface area contributed by atoms with Crippen molar-refractivity contribution in [2.45, 2.75) is 57.0 Å². The van der Waals surface area contributed by atoms with Gasteiger partial charge in [-0.25, -0.2) is 0 Å². The van der Waals surface area contributed by atoms with Gasteiger partial charge in [0.25, 0.3) is 0 Å². The average molecular weight is 613 g/mol. The third-order valence-electron chi connectivity index (χ3n) is 9.36. The van der Waals surface area contributed by atoms with Gasteiger partial charge < -0.3 is 30.3 Å². The molecule has 0 saturated carbocycles. The minimum atomic E-state index is -0.854. The number of piperidine rings is 1. The number of rotatable bonds is 8. The third kappa shape index (κ3) is 6.63. The molecule has 0 spiro atoms. The van der Waals surface area contributed by atoms with Gasteiger partial charge in [0.1, 0.15) is 0 Å². The molecule has 0 bridgehead atoms. The number of ether oxygens (including phenoxy) is 2. The minimum Gasteiger partial charge on any atom is -0.392 e. The second-order valence-electron chi connectivity index (χ2n) is 12.1. The van der Waals surface area contributed by atoms with Crippen LogP contribution in [0, 0.1) is 5.92 Å². The van der Waals surface area contributed by atoms with Crippen LogP contribution in [0.1, 0.15) is 60.0 Å². The van der Waals surface area contributed by atoms with Crippen molar-refractivity contribution < 1.29 is 19.7 Å². The summed E-state index contributed by atoms with van der Waals surface area (Å²) in [5.74, 6) is 0.0824. The van der Waals surface area contributed by atoms with Gasteiger partial charge in [-0.05, 0) is 58.4 Å². The predicted octanol–water partition coefficient (Wildman–Crippen LogP) is 6.73. The van der Waals surface area contributed by atoms with E-state index in [1.165, 1.54) is 0 Å². The van der Waals surface area contributed by atoms with E-state index in [0.29, 0.717) is 24.4 Å². The van der Waals surface area contributed by atoms with Crippen LogP contribution in [0.4, 0.5) is 0 Å². The molecule has 4 atom stereocenters. The normalized spacial score (nSPS) is 23.8. The lowest BCUT2D eigenvalue weighted by atomic mass is 9.84. The molecule has 0 radical (unpaired) electrons. The van der Waals surface area contributed by atoms with Crippen molar-refractivity contribution in [1.29, 1.82) is 0 Å². The zero-order chi connectivity index (χ0) is 30.7. The van der Waals surface area contributed by atoms with Gasteiger partial charge in [0.2, 0.25) is 0 Å². The number of halogens is 1. The largest absolute Gasteiger partial charge is 0.392 e. The molecule has 2 aliphatic rings. The monoisotopic (exact) mass is 612 g/mol. The van der Waals surface area contributed by atoms with Crippen molar-refractivity contribution in [2.75, 3.05) is 19.6 Å². The first-order valence-electron chi connectivity index (χ1n) is 15.5. The highest BCUT2D eigenvalue weighted by molar-refractivity contribution is 6.30. The molecule has 2 aliphatic heterocycles. The fourth-order valence-electron chi connectivity index (χ4n) is 6.54. The van der Waals surface area contributed by atoms with Crippen molar-refractivity contribution in [3.8, 4) is 11.1 Å². The molecule has 44 heavy (non-hydrogen) atoms. The van der Waals surface area contributed by atoms with E-state index in [-0.39, 0.29) is 24.7 Å². The molecule has 6 nitrogen and oxygen atoms in total. The second-order valence-corrected chi connectivity index (χ2v) is 12.6. The van der Waals surface area contributed by atoms with Gasteiger partial charge in [-0.15, -0.1) is 0 Å². The van der Waals surface area contributed by atoms with E-state index in [9.17, 15) is 10.2 Å². The Morgan fingerprint density at radius 3 is 2.18 bits per heavy atom. The highest BCUT2D eigenvalue weighted by Gasteiger charge is 2.41. The number of hydrogen-bond donors (Lipinski definition) is 3. The summed E-state index contributed by atoms with van der Waals surface area (Å²) in [5.41, 5.74) is 12.3. The van der Waals surface area contributed by atoms with Gasteiger partial charge in [-0.2, -0.15) is 0 Å². The summed E-state index contributed by atoms with van der Waals surface area (Å²) in [7, 11) is 0. The Balaban J connectivity index is 1.21. The lowest BCUT2D eigenvalue weighted by Crippen LogP contribution is -2.49. The van der Waals surface area contributed by atoms with Crippen LogP contribution in [0.15, 0.2) is 97.1 Å². The van der Waals surface area contributed by atoms with Crippen LogP contribution >= 0.6 is 11.6 Å². The topological polar surface area (TPSA) is 88.2 Å². The number of hydrogen-bond acceptors (Lipinski definition) is 6. The maximum Gasteiger partial charge on any atom is 0.184 e. The van der Waals surface area contributed by atoms with Crippen LogP contribution in [0.5, 0.6) is 0 Å². The molecule has 4 unspecified atom stereocenters. The summed E-state index contributed by atoms with van der Waals surface area (Å²) >= 11 is 6.09. The number of likely N-dealkylation sites (tertiary alicyclic amines) is 1. The van der Waals surface area contributed by atoms with Crippen molar-refractivity contribution in [3.63, 3.8) is 0 Å². The predicted molar refractivity (Wildman–Crippen MR) is 174 cm³/mol. The summed E-state index contributed by atoms with van der Waals surface area (Å²) in [6.07, 6.45) is 0.491. The highest BCUT2D eigenvalue weighted by Crippen LogP contribution is 2.43. The summed E-state index contributed by atoms with van der Waals surface area (Å²) < 4.78 is 13.4. The molecule has 6 rings (SSSR count). The standard InChI is InChI=1S/C37H41ClN2O4/c1-25-34(23-40-20-18-37(42,19-21-40)31-14-16-32(38)17-15-31)43-36(44-35(25)28-8-6-26(24-41)7-9-28)29-12-10-27(11-13-29)33-5-3-2-4-30(33)22-39/h2-17,25,34-36,41-42H,18-24,39H2,1H3. The Hall–Kier alpha value is -3.07. The minimum absolute atomic E-state index is 0.00663. The average Bonchev–Trinajstić information content (AvgIpc) is 3.07. The van der Waals surface area contributed by atoms with Crippen molar-refractivity contribution >= 4 is 11.6 Å². The van der Waals surface area contributed by atoms with Crippen LogP contribution in [0.2, 0.25) is 5.02 Å². The van der Waals surface area contributed by atoms with Crippen LogP contribution in [0.3, 0.4) is 0 Å². The molecule has 230 valence electrons. The first-order chi connectivity index (χ1) is 21.4. The van der Waals surface area contributed by atoms with Gasteiger partial charge in [-0.1, -0.05) is 103 Å². The second kappa shape index (κ2) is 13.5. The number of nitrogens with zero attached hydrogens (tertiary/aromatic N) is 1. The smallest absolute Gasteiger partial charge is 0.184 e. The molecule has 4 N–H and O–H groups in total.